The summed E-state index contributed by atoms with van der Waals surface area (Å²) in [6.45, 7) is 9.64. The zero-order valence-electron chi connectivity index (χ0n) is 31.3. The van der Waals surface area contributed by atoms with Crippen molar-refractivity contribution in [2.75, 3.05) is 30.9 Å². The van der Waals surface area contributed by atoms with Crippen LogP contribution in [0.15, 0.2) is 60.9 Å². The molecule has 5 rings (SSSR count). The van der Waals surface area contributed by atoms with Crippen molar-refractivity contribution in [2.45, 2.75) is 52.8 Å². The summed E-state index contributed by atoms with van der Waals surface area (Å²) in [6.07, 6.45) is 2.51. The van der Waals surface area contributed by atoms with Crippen LogP contribution in [0.4, 0.5) is 34.1 Å². The van der Waals surface area contributed by atoms with E-state index in [1.807, 2.05) is 31.5 Å². The third-order valence-corrected chi connectivity index (χ3v) is 9.24. The number of thiophene rings is 1. The minimum Gasteiger partial charge on any atom is -0.453 e. The number of imidazole rings is 1. The average molecular weight is 782 g/mol. The number of carbonyl (C=O) groups excluding carboxylic acids is 3. The molecule has 0 aliphatic rings. The molecule has 0 saturated heterocycles. The van der Waals surface area contributed by atoms with Crippen LogP contribution >= 0.6 is 11.3 Å². The molecule has 292 valence electrons. The number of aromatic nitrogens is 3. The third kappa shape index (κ3) is 10.3. The Labute approximate surface area is 319 Å². The predicted octanol–water partition coefficient (Wildman–Crippen LogP) is 8.07. The largest absolute Gasteiger partial charge is 0.453 e. The molecule has 0 unspecified atom stereocenters. The average Bonchev–Trinajstić information content (AvgIpc) is 3.70. The number of amides is 4. The van der Waals surface area contributed by atoms with E-state index in [0.29, 0.717) is 33.6 Å². The van der Waals surface area contributed by atoms with E-state index < -0.39 is 41.2 Å². The minimum atomic E-state index is -0.962. The Morgan fingerprint density at radius 2 is 1.73 bits per heavy atom. The third-order valence-electron chi connectivity index (χ3n) is 8.10. The summed E-state index contributed by atoms with van der Waals surface area (Å²) >= 11 is 1.33. The molecule has 0 aliphatic heterocycles. The van der Waals surface area contributed by atoms with Gasteiger partial charge in [0.2, 0.25) is 5.91 Å². The van der Waals surface area contributed by atoms with Crippen molar-refractivity contribution in [1.29, 1.82) is 0 Å². The SMILES string of the molecule is COCCN(Cc1cnc(-c2cc3nccc(Oc4ccc(NC(=O)Nc5ccc(F)cc5F)cc4F)c3s2)n1C)C(=O)[C@@H](NC(=O)OC(C)(C)C)C(C)C. The van der Waals surface area contributed by atoms with Crippen LogP contribution in [0.2, 0.25) is 0 Å². The van der Waals surface area contributed by atoms with Gasteiger partial charge in [0.1, 0.15) is 34.9 Å². The Bertz CT molecular complexity index is 2190. The highest BCUT2D eigenvalue weighted by Gasteiger charge is 2.31. The fourth-order valence-electron chi connectivity index (χ4n) is 5.39. The first-order valence-electron chi connectivity index (χ1n) is 17.2. The molecule has 0 spiro atoms. The smallest absolute Gasteiger partial charge is 0.408 e. The van der Waals surface area contributed by atoms with E-state index >= 15 is 4.39 Å². The van der Waals surface area contributed by atoms with E-state index in [9.17, 15) is 23.2 Å². The maximum Gasteiger partial charge on any atom is 0.408 e. The Morgan fingerprint density at radius 3 is 2.40 bits per heavy atom. The Balaban J connectivity index is 1.31. The van der Waals surface area contributed by atoms with Gasteiger partial charge < -0.3 is 39.6 Å². The fraction of sp³-hybridized carbons (Fsp3) is 0.342. The zero-order valence-corrected chi connectivity index (χ0v) is 32.1. The van der Waals surface area contributed by atoms with Gasteiger partial charge in [-0.15, -0.1) is 11.3 Å². The van der Waals surface area contributed by atoms with Crippen molar-refractivity contribution < 1.29 is 41.8 Å². The van der Waals surface area contributed by atoms with Gasteiger partial charge in [0.25, 0.3) is 0 Å². The number of fused-ring (bicyclic) bond motifs is 1. The molecule has 0 fully saturated rings. The Hall–Kier alpha value is -5.68. The summed E-state index contributed by atoms with van der Waals surface area (Å²) in [6, 6.07) is 8.19. The lowest BCUT2D eigenvalue weighted by molar-refractivity contribution is -0.136. The van der Waals surface area contributed by atoms with Crippen LogP contribution in [-0.2, 0) is 27.9 Å². The van der Waals surface area contributed by atoms with Crippen molar-refractivity contribution in [3.8, 4) is 22.2 Å². The number of hydrogen-bond acceptors (Lipinski definition) is 9. The van der Waals surface area contributed by atoms with Crippen molar-refractivity contribution in [2.24, 2.45) is 13.0 Å². The van der Waals surface area contributed by atoms with E-state index in [-0.39, 0.29) is 48.6 Å². The van der Waals surface area contributed by atoms with E-state index in [2.05, 4.69) is 25.9 Å². The molecular weight excluding hydrogens is 740 g/mol. The molecule has 3 aromatic heterocycles. The number of anilines is 2. The standard InChI is InChI=1S/C38H42F3N7O6S/c1-21(2)32(46-37(51)54-38(3,4)5)35(49)48(14-15-52-7)20-24-19-43-34(47(24)6)31-18-28-33(55-31)30(12-13-42-28)53-29-11-9-23(17-26(29)41)44-36(50)45-27-10-8-22(39)16-25(27)40/h8-13,16-19,21,32H,14-15,20H2,1-7H3,(H,46,51)(H2,44,45,50)/t32-/m0/s1. The van der Waals surface area contributed by atoms with Crippen LogP contribution in [0.25, 0.3) is 20.9 Å². The lowest BCUT2D eigenvalue weighted by atomic mass is 10.0. The lowest BCUT2D eigenvalue weighted by Crippen LogP contribution is -2.52. The van der Waals surface area contributed by atoms with Gasteiger partial charge in [-0.1, -0.05) is 13.8 Å². The number of rotatable bonds is 13. The summed E-state index contributed by atoms with van der Waals surface area (Å²) in [5.74, 6) is -2.27. The molecule has 0 radical (unpaired) electrons. The summed E-state index contributed by atoms with van der Waals surface area (Å²) in [7, 11) is 3.37. The monoisotopic (exact) mass is 781 g/mol. The number of methoxy groups -OCH3 is 1. The van der Waals surface area contributed by atoms with Crippen molar-refractivity contribution in [3.63, 3.8) is 0 Å². The van der Waals surface area contributed by atoms with E-state index in [0.717, 1.165) is 23.1 Å². The molecule has 0 saturated carbocycles. The molecular formula is C38H42F3N7O6S. The first-order chi connectivity index (χ1) is 26.0. The molecule has 0 bridgehead atoms. The van der Waals surface area contributed by atoms with Gasteiger partial charge >= 0.3 is 12.1 Å². The van der Waals surface area contributed by atoms with Crippen molar-refractivity contribution in [1.82, 2.24) is 24.8 Å². The van der Waals surface area contributed by atoms with Crippen molar-refractivity contribution in [3.05, 3.63) is 84.1 Å². The van der Waals surface area contributed by atoms with Gasteiger partial charge in [-0.2, -0.15) is 0 Å². The zero-order chi connectivity index (χ0) is 40.0. The molecule has 3 N–H and O–H groups in total. The Morgan fingerprint density at radius 1 is 0.964 bits per heavy atom. The number of benzene rings is 2. The fourth-order valence-corrected chi connectivity index (χ4v) is 6.49. The second-order valence-electron chi connectivity index (χ2n) is 13.8. The van der Waals surface area contributed by atoms with Crippen LogP contribution in [0, 0.1) is 23.4 Å². The number of alkyl carbamates (subject to hydrolysis) is 1. The minimum absolute atomic E-state index is 0.0651. The van der Waals surface area contributed by atoms with Gasteiger partial charge in [-0.3, -0.25) is 9.78 Å². The predicted molar refractivity (Wildman–Crippen MR) is 203 cm³/mol. The second-order valence-corrected chi connectivity index (χ2v) is 14.9. The highest BCUT2D eigenvalue weighted by atomic mass is 32.1. The van der Waals surface area contributed by atoms with Gasteiger partial charge in [-0.25, -0.2) is 27.7 Å². The highest BCUT2D eigenvalue weighted by Crippen LogP contribution is 2.39. The molecule has 1 atom stereocenters. The van der Waals surface area contributed by atoms with E-state index in [1.54, 1.807) is 45.0 Å². The molecule has 4 amide bonds. The first-order valence-corrected chi connectivity index (χ1v) is 18.0. The summed E-state index contributed by atoms with van der Waals surface area (Å²) < 4.78 is 61.5. The summed E-state index contributed by atoms with van der Waals surface area (Å²) in [5, 5.41) is 7.37. The van der Waals surface area contributed by atoms with Crippen molar-refractivity contribution >= 4 is 51.0 Å². The normalized spacial score (nSPS) is 12.1. The second kappa shape index (κ2) is 17.2. The van der Waals surface area contributed by atoms with Gasteiger partial charge in [0.15, 0.2) is 11.6 Å². The molecule has 3 heterocycles. The lowest BCUT2D eigenvalue weighted by Gasteiger charge is -2.30. The van der Waals surface area contributed by atoms with Crippen LogP contribution in [-0.4, -0.2) is 69.4 Å². The summed E-state index contributed by atoms with van der Waals surface area (Å²) in [4.78, 5) is 50.3. The topological polar surface area (TPSA) is 149 Å². The number of nitrogens with one attached hydrogen (secondary N) is 3. The number of pyridine rings is 1. The van der Waals surface area contributed by atoms with E-state index in [1.165, 1.54) is 29.7 Å². The number of ether oxygens (including phenoxy) is 3. The number of urea groups is 1. The highest BCUT2D eigenvalue weighted by molar-refractivity contribution is 7.22. The number of carbonyl (C=O) groups is 3. The van der Waals surface area contributed by atoms with Gasteiger partial charge in [0.05, 0.1) is 45.8 Å². The molecule has 55 heavy (non-hydrogen) atoms. The van der Waals surface area contributed by atoms with Gasteiger partial charge in [-0.05, 0) is 57.0 Å². The number of halogens is 3. The van der Waals surface area contributed by atoms with Gasteiger partial charge in [0, 0.05) is 50.8 Å². The summed E-state index contributed by atoms with van der Waals surface area (Å²) in [5.41, 5.74) is 0.379. The maximum absolute atomic E-state index is 15.2. The quantitative estimate of drug-likeness (QED) is 0.109. The Kier molecular flexibility index (Phi) is 12.7. The molecule has 5 aromatic rings. The molecule has 17 heteroatoms. The molecule has 0 aliphatic carbocycles. The maximum atomic E-state index is 15.2. The van der Waals surface area contributed by atoms with E-state index in [4.69, 9.17) is 14.2 Å². The molecule has 2 aromatic carbocycles. The number of nitrogens with zero attached hydrogens (tertiary/aromatic N) is 4. The number of hydrogen-bond donors (Lipinski definition) is 3. The molecule has 13 nitrogen and oxygen atoms in total. The van der Waals surface area contributed by atoms with Crippen LogP contribution in [0.3, 0.4) is 0 Å². The first kappa shape index (κ1) is 40.5. The van der Waals surface area contributed by atoms with Crippen LogP contribution in [0.1, 0.15) is 40.3 Å². The van der Waals surface area contributed by atoms with Crippen LogP contribution < -0.4 is 20.7 Å². The van der Waals surface area contributed by atoms with Crippen LogP contribution in [0.5, 0.6) is 11.5 Å².